The van der Waals surface area contributed by atoms with Crippen molar-refractivity contribution >= 4 is 21.7 Å². The van der Waals surface area contributed by atoms with Gasteiger partial charge in [-0.2, -0.15) is 8.42 Å². The molecule has 4 bridgehead atoms. The Labute approximate surface area is 262 Å². The van der Waals surface area contributed by atoms with Crippen molar-refractivity contribution in [3.05, 3.63) is 53.9 Å². The molecule has 3 saturated carbocycles. The lowest BCUT2D eigenvalue weighted by atomic mass is 9.91. The SMILES string of the molecule is CC1(C)CC2CC(F)CCc3cccc(n3)S(=O)(=O)NC(=O)c3ccc(-n4ccc(OCCC5C6(CC6)C56CC6)n4)nc3N1C2. The molecule has 2 unspecified atom stereocenters. The van der Waals surface area contributed by atoms with Gasteiger partial charge in [-0.05, 0) is 119 Å². The second kappa shape index (κ2) is 9.98. The molecule has 5 heterocycles. The number of nitrogens with zero attached hydrogens (tertiary/aromatic N) is 5. The molecule has 5 aliphatic rings. The minimum Gasteiger partial charge on any atom is -0.477 e. The molecule has 3 aromatic heterocycles. The minimum absolute atomic E-state index is 0.0326. The fourth-order valence-corrected chi connectivity index (χ4v) is 9.73. The van der Waals surface area contributed by atoms with Crippen molar-refractivity contribution in [2.24, 2.45) is 22.7 Å². The maximum atomic E-state index is 15.2. The summed E-state index contributed by atoms with van der Waals surface area (Å²) in [5.41, 5.74) is 1.42. The first-order valence-corrected chi connectivity index (χ1v) is 17.6. The third-order valence-electron chi connectivity index (χ3n) is 11.2. The number of halogens is 1. The van der Waals surface area contributed by atoms with Gasteiger partial charge in [-0.15, -0.1) is 5.10 Å². The molecule has 8 rings (SSSR count). The van der Waals surface area contributed by atoms with Crippen LogP contribution in [0.25, 0.3) is 5.82 Å². The van der Waals surface area contributed by atoms with Crippen molar-refractivity contribution in [2.45, 2.75) is 88.4 Å². The Hall–Kier alpha value is -3.54. The number of alkyl halides is 1. The number of hydrogen-bond donors (Lipinski definition) is 1. The van der Waals surface area contributed by atoms with Crippen LogP contribution in [-0.4, -0.2) is 58.9 Å². The average Bonchev–Trinajstić information content (AvgIpc) is 3.95. The summed E-state index contributed by atoms with van der Waals surface area (Å²) in [4.78, 5) is 24.7. The molecular weight excluding hydrogens is 595 g/mol. The van der Waals surface area contributed by atoms with E-state index in [1.807, 2.05) is 18.7 Å². The van der Waals surface area contributed by atoms with Crippen LogP contribution in [0, 0.1) is 22.7 Å². The number of fused-ring (bicyclic) bond motifs is 7. The minimum atomic E-state index is -4.29. The number of aromatic nitrogens is 4. The highest BCUT2D eigenvalue weighted by Gasteiger charge is 2.85. The lowest BCUT2D eigenvalue weighted by molar-refractivity contribution is 0.0981. The third kappa shape index (κ3) is 4.90. The Morgan fingerprint density at radius 1 is 1.07 bits per heavy atom. The summed E-state index contributed by atoms with van der Waals surface area (Å²) in [5, 5.41) is 4.33. The highest BCUT2D eigenvalue weighted by Crippen LogP contribution is 2.93. The summed E-state index contributed by atoms with van der Waals surface area (Å²) in [6, 6.07) is 9.60. The Morgan fingerprint density at radius 2 is 1.84 bits per heavy atom. The van der Waals surface area contributed by atoms with Crippen molar-refractivity contribution in [3.8, 4) is 11.7 Å². The fraction of sp³-hybridized carbons (Fsp3) is 0.576. The smallest absolute Gasteiger partial charge is 0.281 e. The van der Waals surface area contributed by atoms with Crippen LogP contribution in [0.4, 0.5) is 10.2 Å². The van der Waals surface area contributed by atoms with E-state index < -0.39 is 27.6 Å². The molecule has 3 aliphatic carbocycles. The number of amides is 1. The molecule has 10 nitrogen and oxygen atoms in total. The molecule has 12 heteroatoms. The fourth-order valence-electron chi connectivity index (χ4n) is 8.77. The van der Waals surface area contributed by atoms with Gasteiger partial charge in [0.15, 0.2) is 10.8 Å². The van der Waals surface area contributed by atoms with Crippen molar-refractivity contribution < 1.29 is 22.3 Å². The van der Waals surface area contributed by atoms with Gasteiger partial charge in [-0.3, -0.25) is 4.79 Å². The number of hydrogen-bond acceptors (Lipinski definition) is 8. The van der Waals surface area contributed by atoms with E-state index in [1.165, 1.54) is 31.7 Å². The molecular formula is C33H39FN6O4S. The zero-order chi connectivity index (χ0) is 31.2. The van der Waals surface area contributed by atoms with Gasteiger partial charge in [0.1, 0.15) is 12.0 Å². The van der Waals surface area contributed by atoms with Gasteiger partial charge in [0.05, 0.1) is 12.2 Å². The van der Waals surface area contributed by atoms with E-state index in [0.717, 1.165) is 12.3 Å². The number of carbonyl (C=O) groups excluding carboxylic acids is 1. The van der Waals surface area contributed by atoms with Crippen LogP contribution in [0.1, 0.15) is 81.3 Å². The number of anilines is 1. The zero-order valence-electron chi connectivity index (χ0n) is 25.7. The topological polar surface area (TPSA) is 119 Å². The van der Waals surface area contributed by atoms with Crippen molar-refractivity contribution in [3.63, 3.8) is 0 Å². The summed E-state index contributed by atoms with van der Waals surface area (Å²) in [5.74, 6) is 1.33. The van der Waals surface area contributed by atoms with Crippen LogP contribution in [0.15, 0.2) is 47.6 Å². The Morgan fingerprint density at radius 3 is 2.60 bits per heavy atom. The second-order valence-electron chi connectivity index (χ2n) is 14.4. The molecule has 3 aromatic rings. The molecule has 1 N–H and O–H groups in total. The maximum absolute atomic E-state index is 15.2. The predicted octanol–water partition coefficient (Wildman–Crippen LogP) is 5.02. The van der Waals surface area contributed by atoms with Crippen molar-refractivity contribution in [1.82, 2.24) is 24.5 Å². The lowest BCUT2D eigenvalue weighted by Crippen LogP contribution is -2.41. The number of nitrogens with one attached hydrogen (secondary N) is 1. The van der Waals surface area contributed by atoms with E-state index in [0.29, 0.717) is 66.5 Å². The normalized spacial score (nSPS) is 26.9. The number of ether oxygens (including phenoxy) is 1. The summed E-state index contributed by atoms with van der Waals surface area (Å²) in [7, 11) is -4.29. The summed E-state index contributed by atoms with van der Waals surface area (Å²) < 4.78 is 51.6. The maximum Gasteiger partial charge on any atom is 0.281 e. The van der Waals surface area contributed by atoms with Gasteiger partial charge >= 0.3 is 0 Å². The standard InChI is InChI=1S/C33H39FN6O4S/c1-31(2)19-21-18-22(34)6-7-23-4-3-5-28(35-23)45(42,43)38-30(41)24-8-9-26(36-29(24)39(31)20-21)40-16-10-27(37-40)44-17-11-25-32(12-13-32)33(25)14-15-33/h3-5,8-10,16,21-22,25H,6-7,11-15,17-20H2,1-2H3,(H,38,41). The molecule has 4 fully saturated rings. The van der Waals surface area contributed by atoms with Gasteiger partial charge in [-0.1, -0.05) is 6.07 Å². The predicted molar refractivity (Wildman–Crippen MR) is 165 cm³/mol. The quantitative estimate of drug-likeness (QED) is 0.416. The Balaban J connectivity index is 1.08. The number of carbonyl (C=O) groups is 1. The van der Waals surface area contributed by atoms with Gasteiger partial charge in [0.2, 0.25) is 5.88 Å². The molecule has 2 spiro atoms. The Bertz CT molecular complexity index is 1760. The van der Waals surface area contributed by atoms with Crippen LogP contribution in [0.2, 0.25) is 0 Å². The van der Waals surface area contributed by atoms with Gasteiger partial charge in [0.25, 0.3) is 15.9 Å². The van der Waals surface area contributed by atoms with Crippen LogP contribution in [0.5, 0.6) is 5.88 Å². The number of aryl methyl sites for hydroxylation is 1. The molecule has 1 saturated heterocycles. The monoisotopic (exact) mass is 634 g/mol. The molecule has 45 heavy (non-hydrogen) atoms. The van der Waals surface area contributed by atoms with E-state index in [4.69, 9.17) is 9.72 Å². The average molecular weight is 635 g/mol. The van der Waals surface area contributed by atoms with Crippen LogP contribution in [0.3, 0.4) is 0 Å². The number of pyridine rings is 2. The summed E-state index contributed by atoms with van der Waals surface area (Å²) in [6.07, 6.45) is 8.91. The van der Waals surface area contributed by atoms with E-state index >= 15 is 4.39 Å². The van der Waals surface area contributed by atoms with Gasteiger partial charge < -0.3 is 9.64 Å². The Kier molecular flexibility index (Phi) is 6.41. The molecule has 0 aromatic carbocycles. The van der Waals surface area contributed by atoms with Crippen molar-refractivity contribution in [1.29, 1.82) is 0 Å². The van der Waals surface area contributed by atoms with Crippen molar-refractivity contribution in [2.75, 3.05) is 18.1 Å². The molecule has 1 amide bonds. The van der Waals surface area contributed by atoms with Gasteiger partial charge in [0, 0.05) is 30.0 Å². The molecule has 2 aliphatic heterocycles. The summed E-state index contributed by atoms with van der Waals surface area (Å²) in [6.45, 7) is 5.21. The molecule has 2 atom stereocenters. The van der Waals surface area contributed by atoms with Crippen LogP contribution >= 0.6 is 0 Å². The van der Waals surface area contributed by atoms with E-state index in [9.17, 15) is 13.2 Å². The first-order chi connectivity index (χ1) is 21.5. The highest BCUT2D eigenvalue weighted by molar-refractivity contribution is 7.90. The highest BCUT2D eigenvalue weighted by atomic mass is 32.2. The zero-order valence-corrected chi connectivity index (χ0v) is 26.5. The summed E-state index contributed by atoms with van der Waals surface area (Å²) >= 11 is 0. The third-order valence-corrected chi connectivity index (χ3v) is 12.4. The van der Waals surface area contributed by atoms with E-state index in [1.54, 1.807) is 41.2 Å². The largest absolute Gasteiger partial charge is 0.477 e. The number of sulfonamides is 1. The first kappa shape index (κ1) is 28.9. The van der Waals surface area contributed by atoms with E-state index in [-0.39, 0.29) is 22.9 Å². The molecule has 0 radical (unpaired) electrons. The van der Waals surface area contributed by atoms with E-state index in [2.05, 4.69) is 14.8 Å². The first-order valence-electron chi connectivity index (χ1n) is 16.1. The molecule has 238 valence electrons. The second-order valence-corrected chi connectivity index (χ2v) is 16.0. The van der Waals surface area contributed by atoms with Crippen LogP contribution in [-0.2, 0) is 16.4 Å². The van der Waals surface area contributed by atoms with Crippen LogP contribution < -0.4 is 14.4 Å². The van der Waals surface area contributed by atoms with Gasteiger partial charge in [-0.25, -0.2) is 23.8 Å². The lowest BCUT2D eigenvalue weighted by Gasteiger charge is -2.34. The number of rotatable bonds is 5.